The molecule has 2 heterocycles. The lowest BCUT2D eigenvalue weighted by atomic mass is 9.92. The molecule has 5 heteroatoms. The SMILES string of the molecule is FC(F)(F)CN1CC2CN(C3CCC3)CC2C1. The first kappa shape index (κ1) is 11.8. The van der Waals surface area contributed by atoms with Crippen molar-refractivity contribution in [3.63, 3.8) is 0 Å². The van der Waals surface area contributed by atoms with Gasteiger partial charge in [0.05, 0.1) is 6.54 Å². The Bertz CT molecular complexity index is 274. The number of rotatable bonds is 2. The van der Waals surface area contributed by atoms with Crippen LogP contribution < -0.4 is 0 Å². The van der Waals surface area contributed by atoms with Gasteiger partial charge in [0.2, 0.25) is 0 Å². The molecule has 2 saturated heterocycles. The van der Waals surface area contributed by atoms with Gasteiger partial charge in [-0.25, -0.2) is 0 Å². The fraction of sp³-hybridized carbons (Fsp3) is 1.00. The Balaban J connectivity index is 1.51. The van der Waals surface area contributed by atoms with Gasteiger partial charge >= 0.3 is 6.18 Å². The molecule has 3 fully saturated rings. The quantitative estimate of drug-likeness (QED) is 0.737. The predicted octanol–water partition coefficient (Wildman–Crippen LogP) is 1.96. The summed E-state index contributed by atoms with van der Waals surface area (Å²) >= 11 is 0. The lowest BCUT2D eigenvalue weighted by Gasteiger charge is -2.35. The topological polar surface area (TPSA) is 6.48 Å². The van der Waals surface area contributed by atoms with Gasteiger partial charge in [0.1, 0.15) is 0 Å². The minimum absolute atomic E-state index is 0.484. The molecule has 2 nitrogen and oxygen atoms in total. The molecule has 0 bridgehead atoms. The molecule has 0 aromatic rings. The largest absolute Gasteiger partial charge is 0.401 e. The minimum atomic E-state index is -4.04. The molecule has 98 valence electrons. The molecule has 0 aromatic carbocycles. The van der Waals surface area contributed by atoms with E-state index in [0.29, 0.717) is 24.9 Å². The number of halogens is 3. The van der Waals surface area contributed by atoms with Crippen molar-refractivity contribution in [3.8, 4) is 0 Å². The normalized spacial score (nSPS) is 36.2. The van der Waals surface area contributed by atoms with E-state index in [1.807, 2.05) is 0 Å². The molecule has 2 atom stereocenters. The van der Waals surface area contributed by atoms with Crippen molar-refractivity contribution < 1.29 is 13.2 Å². The van der Waals surface area contributed by atoms with Crippen LogP contribution in [0.15, 0.2) is 0 Å². The highest BCUT2D eigenvalue weighted by Gasteiger charge is 2.45. The van der Waals surface area contributed by atoms with Gasteiger partial charge in [0.25, 0.3) is 0 Å². The second-order valence-electron chi connectivity index (χ2n) is 5.87. The van der Waals surface area contributed by atoms with Crippen molar-refractivity contribution in [1.82, 2.24) is 9.80 Å². The lowest BCUT2D eigenvalue weighted by molar-refractivity contribution is -0.144. The van der Waals surface area contributed by atoms with Crippen LogP contribution in [0.25, 0.3) is 0 Å². The number of nitrogens with zero attached hydrogens (tertiary/aromatic N) is 2. The maximum atomic E-state index is 12.3. The van der Waals surface area contributed by atoms with Crippen molar-refractivity contribution in [1.29, 1.82) is 0 Å². The third kappa shape index (κ3) is 2.45. The summed E-state index contributed by atoms with van der Waals surface area (Å²) in [6.07, 6.45) is -0.111. The van der Waals surface area contributed by atoms with Gasteiger partial charge in [-0.3, -0.25) is 9.80 Å². The molecule has 0 N–H and O–H groups in total. The fourth-order valence-corrected chi connectivity index (χ4v) is 3.56. The fourth-order valence-electron chi connectivity index (χ4n) is 3.56. The van der Waals surface area contributed by atoms with Crippen LogP contribution in [0, 0.1) is 11.8 Å². The molecule has 0 radical (unpaired) electrons. The van der Waals surface area contributed by atoms with Gasteiger partial charge in [0.15, 0.2) is 0 Å². The summed E-state index contributed by atoms with van der Waals surface area (Å²) in [5.41, 5.74) is 0. The van der Waals surface area contributed by atoms with E-state index in [1.54, 1.807) is 4.90 Å². The first-order valence-electron chi connectivity index (χ1n) is 6.54. The molecule has 3 aliphatic rings. The van der Waals surface area contributed by atoms with Crippen LogP contribution >= 0.6 is 0 Å². The molecule has 2 unspecified atom stereocenters. The molecule has 0 spiro atoms. The van der Waals surface area contributed by atoms with E-state index in [0.717, 1.165) is 19.1 Å². The molecular formula is C12H19F3N2. The molecule has 0 aromatic heterocycles. The third-order valence-corrected chi connectivity index (χ3v) is 4.58. The van der Waals surface area contributed by atoms with Crippen LogP contribution in [0.2, 0.25) is 0 Å². The Hall–Kier alpha value is -0.290. The summed E-state index contributed by atoms with van der Waals surface area (Å²) in [5, 5.41) is 0. The second-order valence-corrected chi connectivity index (χ2v) is 5.87. The van der Waals surface area contributed by atoms with Crippen LogP contribution in [0.5, 0.6) is 0 Å². The Kier molecular flexibility index (Phi) is 2.86. The second kappa shape index (κ2) is 4.12. The summed E-state index contributed by atoms with van der Waals surface area (Å²) in [7, 11) is 0. The number of hydrogen-bond donors (Lipinski definition) is 0. The zero-order valence-corrected chi connectivity index (χ0v) is 9.92. The average Bonchev–Trinajstić information content (AvgIpc) is 2.54. The van der Waals surface area contributed by atoms with Crippen molar-refractivity contribution in [2.45, 2.75) is 31.5 Å². The highest BCUT2D eigenvalue weighted by atomic mass is 19.4. The summed E-state index contributed by atoms with van der Waals surface area (Å²) in [6.45, 7) is 2.64. The van der Waals surface area contributed by atoms with Crippen molar-refractivity contribution in [2.75, 3.05) is 32.7 Å². The number of alkyl halides is 3. The smallest absolute Gasteiger partial charge is 0.300 e. The number of fused-ring (bicyclic) bond motifs is 1. The van der Waals surface area contributed by atoms with E-state index >= 15 is 0 Å². The summed E-state index contributed by atoms with van der Waals surface area (Å²) in [4.78, 5) is 4.11. The van der Waals surface area contributed by atoms with Crippen molar-refractivity contribution >= 4 is 0 Å². The molecule has 17 heavy (non-hydrogen) atoms. The summed E-state index contributed by atoms with van der Waals surface area (Å²) in [6, 6.07) is 0.747. The Morgan fingerprint density at radius 3 is 1.94 bits per heavy atom. The number of hydrogen-bond acceptors (Lipinski definition) is 2. The first-order chi connectivity index (χ1) is 8.01. The molecule has 2 aliphatic heterocycles. The molecule has 1 aliphatic carbocycles. The Labute approximate surface area is 99.8 Å². The zero-order valence-electron chi connectivity index (χ0n) is 9.92. The van der Waals surface area contributed by atoms with Crippen LogP contribution in [0.4, 0.5) is 13.2 Å². The zero-order chi connectivity index (χ0) is 12.0. The van der Waals surface area contributed by atoms with Gasteiger partial charge in [-0.2, -0.15) is 13.2 Å². The van der Waals surface area contributed by atoms with E-state index in [4.69, 9.17) is 0 Å². The van der Waals surface area contributed by atoms with Crippen LogP contribution in [-0.4, -0.2) is 54.7 Å². The summed E-state index contributed by atoms with van der Waals surface area (Å²) in [5.74, 6) is 0.968. The van der Waals surface area contributed by atoms with Gasteiger partial charge in [-0.15, -0.1) is 0 Å². The van der Waals surface area contributed by atoms with E-state index in [2.05, 4.69) is 4.90 Å². The maximum absolute atomic E-state index is 12.3. The Morgan fingerprint density at radius 2 is 1.53 bits per heavy atom. The minimum Gasteiger partial charge on any atom is -0.300 e. The highest BCUT2D eigenvalue weighted by molar-refractivity contribution is 4.96. The predicted molar refractivity (Wildman–Crippen MR) is 58.7 cm³/mol. The van der Waals surface area contributed by atoms with Crippen molar-refractivity contribution in [2.24, 2.45) is 11.8 Å². The van der Waals surface area contributed by atoms with E-state index in [-0.39, 0.29) is 0 Å². The van der Waals surface area contributed by atoms with Crippen molar-refractivity contribution in [3.05, 3.63) is 0 Å². The van der Waals surface area contributed by atoms with Gasteiger partial charge < -0.3 is 0 Å². The summed E-state index contributed by atoms with van der Waals surface area (Å²) < 4.78 is 36.9. The van der Waals surface area contributed by atoms with E-state index in [9.17, 15) is 13.2 Å². The molecule has 3 rings (SSSR count). The Morgan fingerprint density at radius 1 is 0.941 bits per heavy atom. The molecular weight excluding hydrogens is 229 g/mol. The monoisotopic (exact) mass is 248 g/mol. The van der Waals surface area contributed by atoms with Gasteiger partial charge in [-0.1, -0.05) is 6.42 Å². The van der Waals surface area contributed by atoms with E-state index in [1.165, 1.54) is 19.3 Å². The van der Waals surface area contributed by atoms with Gasteiger partial charge in [-0.05, 0) is 24.7 Å². The highest BCUT2D eigenvalue weighted by Crippen LogP contribution is 2.37. The first-order valence-corrected chi connectivity index (χ1v) is 6.54. The number of likely N-dealkylation sites (tertiary alicyclic amines) is 2. The van der Waals surface area contributed by atoms with E-state index < -0.39 is 12.7 Å². The van der Waals surface area contributed by atoms with Crippen LogP contribution in [0.1, 0.15) is 19.3 Å². The standard InChI is InChI=1S/C12H19F3N2/c13-12(14,15)8-16-4-9-6-17(7-10(9)5-16)11-2-1-3-11/h9-11H,1-8H2. The van der Waals surface area contributed by atoms with Crippen LogP contribution in [-0.2, 0) is 0 Å². The lowest BCUT2D eigenvalue weighted by Crippen LogP contribution is -2.41. The molecule has 0 amide bonds. The molecule has 1 saturated carbocycles. The average molecular weight is 248 g/mol. The maximum Gasteiger partial charge on any atom is 0.401 e. The third-order valence-electron chi connectivity index (χ3n) is 4.58. The van der Waals surface area contributed by atoms with Gasteiger partial charge in [0, 0.05) is 32.2 Å². The van der Waals surface area contributed by atoms with Crippen LogP contribution in [0.3, 0.4) is 0 Å².